The second kappa shape index (κ2) is 6.05. The predicted molar refractivity (Wildman–Crippen MR) is 69.6 cm³/mol. The summed E-state index contributed by atoms with van der Waals surface area (Å²) in [7, 11) is 0. The molecule has 1 rings (SSSR count). The molecule has 0 fully saturated rings. The lowest BCUT2D eigenvalue weighted by Crippen LogP contribution is -2.20. The normalized spacial score (nSPS) is 11.7. The van der Waals surface area contributed by atoms with E-state index < -0.39 is 0 Å². The summed E-state index contributed by atoms with van der Waals surface area (Å²) in [5, 5.41) is 22.7. The van der Waals surface area contributed by atoms with Crippen LogP contribution in [0.4, 0.5) is 0 Å². The quantitative estimate of drug-likeness (QED) is 0.564. The molecule has 0 radical (unpaired) electrons. The molecule has 0 aliphatic heterocycles. The van der Waals surface area contributed by atoms with E-state index in [1.807, 2.05) is 13.8 Å². The highest BCUT2D eigenvalue weighted by atomic mass is 16.3. The first kappa shape index (κ1) is 14.0. The molecule has 1 amide bonds. The predicted octanol–water partition coefficient (Wildman–Crippen LogP) is 1.98. The summed E-state index contributed by atoms with van der Waals surface area (Å²) in [5.74, 6) is 0.00690. The lowest BCUT2D eigenvalue weighted by Gasteiger charge is -2.06. The lowest BCUT2D eigenvalue weighted by atomic mass is 10.1. The van der Waals surface area contributed by atoms with Crippen LogP contribution in [0, 0.1) is 5.92 Å². The molecule has 1 aromatic rings. The van der Waals surface area contributed by atoms with Gasteiger partial charge in [-0.2, -0.15) is 5.10 Å². The number of amides is 1. The molecular formula is C13H18N2O3. The number of nitrogens with one attached hydrogen (secondary N) is 1. The molecule has 0 aliphatic rings. The molecule has 0 bridgehead atoms. The van der Waals surface area contributed by atoms with Crippen LogP contribution in [0.25, 0.3) is 0 Å². The molecule has 98 valence electrons. The molecular weight excluding hydrogens is 232 g/mol. The molecule has 5 heteroatoms. The molecule has 0 aromatic heterocycles. The van der Waals surface area contributed by atoms with Crippen LogP contribution in [0.1, 0.15) is 32.8 Å². The minimum absolute atomic E-state index is 0.0205. The Labute approximate surface area is 106 Å². The Morgan fingerprint density at radius 2 is 2.06 bits per heavy atom. The van der Waals surface area contributed by atoms with Gasteiger partial charge in [-0.05, 0) is 25.0 Å². The Balaban J connectivity index is 2.74. The van der Waals surface area contributed by atoms with E-state index in [0.717, 1.165) is 0 Å². The molecule has 0 atom stereocenters. The van der Waals surface area contributed by atoms with Crippen molar-refractivity contribution in [1.82, 2.24) is 5.43 Å². The number of carbonyl (C=O) groups is 1. The van der Waals surface area contributed by atoms with Gasteiger partial charge in [-0.15, -0.1) is 0 Å². The summed E-state index contributed by atoms with van der Waals surface area (Å²) in [6.45, 7) is 5.56. The number of hydrogen-bond acceptors (Lipinski definition) is 4. The number of phenolic OH excluding ortho intramolecular Hbond substituents is 2. The van der Waals surface area contributed by atoms with Gasteiger partial charge in [0.2, 0.25) is 5.91 Å². The van der Waals surface area contributed by atoms with Crippen molar-refractivity contribution in [3.63, 3.8) is 0 Å². The van der Waals surface area contributed by atoms with Gasteiger partial charge in [0.1, 0.15) is 11.5 Å². The molecule has 0 saturated heterocycles. The Hall–Kier alpha value is -2.04. The zero-order chi connectivity index (χ0) is 13.7. The summed E-state index contributed by atoms with van der Waals surface area (Å²) >= 11 is 0. The van der Waals surface area contributed by atoms with E-state index in [9.17, 15) is 9.90 Å². The summed E-state index contributed by atoms with van der Waals surface area (Å²) in [5.41, 5.74) is 3.38. The van der Waals surface area contributed by atoms with Crippen molar-refractivity contribution in [2.75, 3.05) is 0 Å². The van der Waals surface area contributed by atoms with Crippen LogP contribution in [0.15, 0.2) is 23.3 Å². The van der Waals surface area contributed by atoms with Gasteiger partial charge >= 0.3 is 0 Å². The van der Waals surface area contributed by atoms with E-state index in [2.05, 4.69) is 10.5 Å². The number of aromatic hydroxyl groups is 2. The number of carbonyl (C=O) groups excluding carboxylic acids is 1. The third-order valence-corrected chi connectivity index (χ3v) is 2.31. The van der Waals surface area contributed by atoms with Crippen LogP contribution in [-0.4, -0.2) is 21.8 Å². The lowest BCUT2D eigenvalue weighted by molar-refractivity contribution is -0.121. The maximum Gasteiger partial charge on any atom is 0.240 e. The van der Waals surface area contributed by atoms with Crippen LogP contribution in [-0.2, 0) is 4.79 Å². The molecule has 0 saturated carbocycles. The summed E-state index contributed by atoms with van der Waals surface area (Å²) in [6, 6.07) is 4.21. The van der Waals surface area contributed by atoms with Crippen molar-refractivity contribution in [2.24, 2.45) is 11.0 Å². The molecule has 0 spiro atoms. The maximum absolute atomic E-state index is 11.4. The smallest absolute Gasteiger partial charge is 0.240 e. The van der Waals surface area contributed by atoms with Crippen molar-refractivity contribution in [2.45, 2.75) is 27.2 Å². The molecule has 0 aliphatic carbocycles. The summed E-state index contributed by atoms with van der Waals surface area (Å²) < 4.78 is 0. The zero-order valence-corrected chi connectivity index (χ0v) is 10.8. The van der Waals surface area contributed by atoms with E-state index in [1.54, 1.807) is 6.92 Å². The van der Waals surface area contributed by atoms with Crippen molar-refractivity contribution in [1.29, 1.82) is 0 Å². The average Bonchev–Trinajstić information content (AvgIpc) is 2.25. The Morgan fingerprint density at radius 3 is 2.61 bits per heavy atom. The molecule has 0 heterocycles. The van der Waals surface area contributed by atoms with E-state index >= 15 is 0 Å². The molecule has 0 unspecified atom stereocenters. The minimum atomic E-state index is -0.164. The summed E-state index contributed by atoms with van der Waals surface area (Å²) in [6.07, 6.45) is 0.401. The zero-order valence-electron chi connectivity index (χ0n) is 10.8. The highest BCUT2D eigenvalue weighted by Crippen LogP contribution is 2.22. The number of phenols is 2. The van der Waals surface area contributed by atoms with E-state index in [1.165, 1.54) is 18.2 Å². The largest absolute Gasteiger partial charge is 0.508 e. The first-order valence-electron chi connectivity index (χ1n) is 5.75. The van der Waals surface area contributed by atoms with Gasteiger partial charge in [-0.25, -0.2) is 5.43 Å². The van der Waals surface area contributed by atoms with Gasteiger partial charge in [-0.1, -0.05) is 13.8 Å². The highest BCUT2D eigenvalue weighted by molar-refractivity contribution is 6.01. The number of hydrazone groups is 1. The van der Waals surface area contributed by atoms with Gasteiger partial charge in [0.05, 0.1) is 5.71 Å². The van der Waals surface area contributed by atoms with Crippen LogP contribution in [0.5, 0.6) is 11.5 Å². The van der Waals surface area contributed by atoms with Crippen LogP contribution in [0.2, 0.25) is 0 Å². The number of nitrogens with zero attached hydrogens (tertiary/aromatic N) is 1. The number of hydrogen-bond donors (Lipinski definition) is 3. The average molecular weight is 250 g/mol. The maximum atomic E-state index is 11.4. The van der Waals surface area contributed by atoms with Crippen molar-refractivity contribution < 1.29 is 15.0 Å². The Bertz CT molecular complexity index is 467. The summed E-state index contributed by atoms with van der Waals surface area (Å²) in [4.78, 5) is 11.4. The van der Waals surface area contributed by atoms with E-state index in [4.69, 9.17) is 5.11 Å². The SMILES string of the molecule is CC(=NNC(=O)CC(C)C)c1ccc(O)cc1O. The third-order valence-electron chi connectivity index (χ3n) is 2.31. The minimum Gasteiger partial charge on any atom is -0.508 e. The van der Waals surface area contributed by atoms with Crippen LogP contribution in [0.3, 0.4) is 0 Å². The van der Waals surface area contributed by atoms with Gasteiger partial charge in [-0.3, -0.25) is 4.79 Å². The van der Waals surface area contributed by atoms with Crippen molar-refractivity contribution >= 4 is 11.6 Å². The standard InChI is InChI=1S/C13H18N2O3/c1-8(2)6-13(18)15-14-9(3)11-5-4-10(16)7-12(11)17/h4-5,7-8,16-17H,6H2,1-3H3,(H,15,18). The van der Waals surface area contributed by atoms with E-state index in [0.29, 0.717) is 17.7 Å². The Kier molecular flexibility index (Phi) is 4.71. The molecule has 1 aromatic carbocycles. The topological polar surface area (TPSA) is 81.9 Å². The number of rotatable bonds is 4. The van der Waals surface area contributed by atoms with Gasteiger partial charge < -0.3 is 10.2 Å². The van der Waals surface area contributed by atoms with E-state index in [-0.39, 0.29) is 23.3 Å². The Morgan fingerprint density at radius 1 is 1.39 bits per heavy atom. The second-order valence-corrected chi connectivity index (χ2v) is 4.53. The van der Waals surface area contributed by atoms with Crippen LogP contribution < -0.4 is 5.43 Å². The number of benzene rings is 1. The van der Waals surface area contributed by atoms with Crippen LogP contribution >= 0.6 is 0 Å². The monoisotopic (exact) mass is 250 g/mol. The fourth-order valence-electron chi connectivity index (χ4n) is 1.45. The fraction of sp³-hybridized carbons (Fsp3) is 0.385. The van der Waals surface area contributed by atoms with Gasteiger partial charge in [0.25, 0.3) is 0 Å². The molecule has 5 nitrogen and oxygen atoms in total. The van der Waals surface area contributed by atoms with Gasteiger partial charge in [0.15, 0.2) is 0 Å². The van der Waals surface area contributed by atoms with Crippen molar-refractivity contribution in [3.8, 4) is 11.5 Å². The molecule has 18 heavy (non-hydrogen) atoms. The first-order chi connectivity index (χ1) is 8.40. The molecule has 3 N–H and O–H groups in total. The van der Waals surface area contributed by atoms with Gasteiger partial charge in [0, 0.05) is 18.1 Å². The second-order valence-electron chi connectivity index (χ2n) is 4.53. The third kappa shape index (κ3) is 4.08. The van der Waals surface area contributed by atoms with Crippen molar-refractivity contribution in [3.05, 3.63) is 23.8 Å². The highest BCUT2D eigenvalue weighted by Gasteiger charge is 2.07. The fourth-order valence-corrected chi connectivity index (χ4v) is 1.45. The first-order valence-corrected chi connectivity index (χ1v) is 5.75.